The Balaban J connectivity index is 2.63. The van der Waals surface area contributed by atoms with E-state index in [1.54, 1.807) is 6.21 Å². The molecule has 0 aliphatic carbocycles. The Morgan fingerprint density at radius 2 is 2.40 bits per heavy atom. The molecule has 2 rings (SSSR count). The van der Waals surface area contributed by atoms with Crippen LogP contribution >= 0.6 is 0 Å². The summed E-state index contributed by atoms with van der Waals surface area (Å²) in [6, 6.07) is 0. The molecule has 0 fully saturated rings. The van der Waals surface area contributed by atoms with Gasteiger partial charge in [-0.15, -0.1) is 0 Å². The summed E-state index contributed by atoms with van der Waals surface area (Å²) in [5, 5.41) is 2.95. The summed E-state index contributed by atoms with van der Waals surface area (Å²) in [6.07, 6.45) is 1.70. The van der Waals surface area contributed by atoms with Gasteiger partial charge in [0.15, 0.2) is 11.6 Å². The lowest BCUT2D eigenvalue weighted by atomic mass is 10.5. The normalized spacial score (nSPS) is 14.4. The summed E-state index contributed by atoms with van der Waals surface area (Å²) in [7, 11) is 0. The topological polar surface area (TPSA) is 73.0 Å². The average Bonchev–Trinajstić information content (AvgIpc) is 2.27. The highest BCUT2D eigenvalue weighted by atomic mass is 16.1. The zero-order valence-corrected chi connectivity index (χ0v) is 5.14. The van der Waals surface area contributed by atoms with Crippen molar-refractivity contribution >= 4 is 17.9 Å². The van der Waals surface area contributed by atoms with E-state index in [9.17, 15) is 4.79 Å². The van der Waals surface area contributed by atoms with Gasteiger partial charge in [0, 0.05) is 6.21 Å². The summed E-state index contributed by atoms with van der Waals surface area (Å²) in [4.78, 5) is 19.7. The minimum Gasteiger partial charge on any atom is -0.363 e. The van der Waals surface area contributed by atoms with Gasteiger partial charge in [0.1, 0.15) is 0 Å². The minimum absolute atomic E-state index is 0.225. The van der Waals surface area contributed by atoms with Crippen molar-refractivity contribution < 1.29 is 0 Å². The fourth-order valence-corrected chi connectivity index (χ4v) is 0.883. The SMILES string of the molecule is O=c1[nH]c2c([nH]1)NCC=N2. The molecule has 0 atom stereocenters. The van der Waals surface area contributed by atoms with Gasteiger partial charge in [-0.1, -0.05) is 0 Å². The number of hydrogen-bond acceptors (Lipinski definition) is 3. The Morgan fingerprint density at radius 3 is 3.20 bits per heavy atom. The molecule has 1 aromatic heterocycles. The first kappa shape index (κ1) is 5.28. The van der Waals surface area contributed by atoms with Crippen LogP contribution in [0.3, 0.4) is 0 Å². The lowest BCUT2D eigenvalue weighted by Gasteiger charge is -2.03. The molecule has 0 amide bonds. The standard InChI is InChI=1S/C5H6N4O/c10-5-8-3-4(9-5)7-2-1-6-3/h1,7H,2H2,(H2,8,9,10). The summed E-state index contributed by atoms with van der Waals surface area (Å²) in [6.45, 7) is 0.667. The molecular formula is C5H6N4O. The van der Waals surface area contributed by atoms with Crippen LogP contribution in [-0.2, 0) is 0 Å². The van der Waals surface area contributed by atoms with Gasteiger partial charge in [0.25, 0.3) is 0 Å². The lowest BCUT2D eigenvalue weighted by molar-refractivity contribution is 1.18. The van der Waals surface area contributed by atoms with Crippen molar-refractivity contribution in [2.75, 3.05) is 11.9 Å². The largest absolute Gasteiger partial charge is 0.363 e. The third kappa shape index (κ3) is 0.637. The zero-order valence-electron chi connectivity index (χ0n) is 5.14. The van der Waals surface area contributed by atoms with Crippen LogP contribution in [0.25, 0.3) is 0 Å². The van der Waals surface area contributed by atoms with Crippen LogP contribution in [-0.4, -0.2) is 22.7 Å². The van der Waals surface area contributed by atoms with E-state index in [0.29, 0.717) is 18.2 Å². The van der Waals surface area contributed by atoms with Crippen LogP contribution in [0.4, 0.5) is 11.6 Å². The van der Waals surface area contributed by atoms with Crippen molar-refractivity contribution in [1.82, 2.24) is 9.97 Å². The van der Waals surface area contributed by atoms with Gasteiger partial charge >= 0.3 is 5.69 Å². The molecule has 52 valence electrons. The maximum Gasteiger partial charge on any atom is 0.326 e. The molecule has 3 N–H and O–H groups in total. The number of aliphatic imine (C=N–C) groups is 1. The predicted molar refractivity (Wildman–Crippen MR) is 38.1 cm³/mol. The number of hydrogen-bond donors (Lipinski definition) is 3. The molecule has 1 aliphatic heterocycles. The van der Waals surface area contributed by atoms with E-state index in [1.165, 1.54) is 0 Å². The van der Waals surface area contributed by atoms with Gasteiger partial charge in [-0.25, -0.2) is 9.79 Å². The molecule has 0 unspecified atom stereocenters. The number of anilines is 1. The van der Waals surface area contributed by atoms with Crippen molar-refractivity contribution in [2.45, 2.75) is 0 Å². The van der Waals surface area contributed by atoms with Gasteiger partial charge in [-0.2, -0.15) is 0 Å². The lowest BCUT2D eigenvalue weighted by Crippen LogP contribution is -2.07. The molecule has 10 heavy (non-hydrogen) atoms. The van der Waals surface area contributed by atoms with E-state index in [4.69, 9.17) is 0 Å². The highest BCUT2D eigenvalue weighted by Crippen LogP contribution is 2.17. The smallest absolute Gasteiger partial charge is 0.326 e. The van der Waals surface area contributed by atoms with Crippen molar-refractivity contribution in [1.29, 1.82) is 0 Å². The van der Waals surface area contributed by atoms with Crippen LogP contribution in [0.15, 0.2) is 9.79 Å². The quantitative estimate of drug-likeness (QED) is 0.465. The van der Waals surface area contributed by atoms with Crippen LogP contribution in [0, 0.1) is 0 Å². The molecule has 5 nitrogen and oxygen atoms in total. The van der Waals surface area contributed by atoms with E-state index in [0.717, 1.165) is 0 Å². The zero-order chi connectivity index (χ0) is 6.97. The number of rotatable bonds is 0. The maximum atomic E-state index is 10.6. The second-order valence-electron chi connectivity index (χ2n) is 2.00. The summed E-state index contributed by atoms with van der Waals surface area (Å²) in [5.41, 5.74) is -0.225. The summed E-state index contributed by atoms with van der Waals surface area (Å²) in [5.74, 6) is 1.25. The van der Waals surface area contributed by atoms with Crippen molar-refractivity contribution in [2.24, 2.45) is 4.99 Å². The summed E-state index contributed by atoms with van der Waals surface area (Å²) < 4.78 is 0. The number of fused-ring (bicyclic) bond motifs is 1. The van der Waals surface area contributed by atoms with Crippen molar-refractivity contribution in [3.8, 4) is 0 Å². The molecule has 0 aromatic carbocycles. The van der Waals surface area contributed by atoms with E-state index < -0.39 is 0 Å². The fraction of sp³-hybridized carbons (Fsp3) is 0.200. The van der Waals surface area contributed by atoms with Crippen LogP contribution in [0.5, 0.6) is 0 Å². The monoisotopic (exact) mass is 138 g/mol. The van der Waals surface area contributed by atoms with Crippen molar-refractivity contribution in [3.05, 3.63) is 10.5 Å². The number of imidazole rings is 1. The molecule has 1 aromatic rings. The van der Waals surface area contributed by atoms with Crippen molar-refractivity contribution in [3.63, 3.8) is 0 Å². The molecule has 0 saturated carbocycles. The Hall–Kier alpha value is -1.52. The molecule has 2 heterocycles. The van der Waals surface area contributed by atoms with E-state index >= 15 is 0 Å². The molecule has 5 heteroatoms. The minimum atomic E-state index is -0.225. The van der Waals surface area contributed by atoms with Crippen LogP contribution in [0.2, 0.25) is 0 Å². The summed E-state index contributed by atoms with van der Waals surface area (Å²) >= 11 is 0. The number of H-pyrrole nitrogens is 2. The second kappa shape index (κ2) is 1.73. The van der Waals surface area contributed by atoms with E-state index in [2.05, 4.69) is 20.3 Å². The first-order valence-electron chi connectivity index (χ1n) is 2.95. The first-order chi connectivity index (χ1) is 4.86. The molecule has 0 radical (unpaired) electrons. The second-order valence-corrected chi connectivity index (χ2v) is 2.00. The Labute approximate surface area is 56.2 Å². The predicted octanol–water partition coefficient (Wildman–Crippen LogP) is -0.169. The highest BCUT2D eigenvalue weighted by molar-refractivity contribution is 5.75. The van der Waals surface area contributed by atoms with Gasteiger partial charge in [0.2, 0.25) is 0 Å². The molecule has 0 spiro atoms. The van der Waals surface area contributed by atoms with Gasteiger partial charge < -0.3 is 5.32 Å². The Kier molecular flexibility index (Phi) is 0.913. The maximum absolute atomic E-state index is 10.6. The van der Waals surface area contributed by atoms with E-state index in [-0.39, 0.29) is 5.69 Å². The fourth-order valence-electron chi connectivity index (χ4n) is 0.883. The molecular weight excluding hydrogens is 132 g/mol. The Morgan fingerprint density at radius 1 is 1.50 bits per heavy atom. The first-order valence-corrected chi connectivity index (χ1v) is 2.95. The van der Waals surface area contributed by atoms with Gasteiger partial charge in [0.05, 0.1) is 6.54 Å². The number of nitrogens with one attached hydrogen (secondary N) is 3. The molecule has 0 saturated heterocycles. The highest BCUT2D eigenvalue weighted by Gasteiger charge is 2.06. The van der Waals surface area contributed by atoms with Crippen LogP contribution in [0.1, 0.15) is 0 Å². The third-order valence-corrected chi connectivity index (χ3v) is 1.30. The third-order valence-electron chi connectivity index (χ3n) is 1.30. The number of aromatic amines is 2. The average molecular weight is 138 g/mol. The van der Waals surface area contributed by atoms with Gasteiger partial charge in [-0.3, -0.25) is 9.97 Å². The molecule has 0 bridgehead atoms. The number of aromatic nitrogens is 2. The van der Waals surface area contributed by atoms with Crippen LogP contribution < -0.4 is 11.0 Å². The Bertz CT molecular complexity index is 321. The number of nitrogens with zero attached hydrogens (tertiary/aromatic N) is 1. The van der Waals surface area contributed by atoms with E-state index in [1.807, 2.05) is 0 Å². The van der Waals surface area contributed by atoms with Gasteiger partial charge in [-0.05, 0) is 0 Å². The molecule has 1 aliphatic rings.